The smallest absolute Gasteiger partial charge is 0.310 e. The Bertz CT molecular complexity index is 312. The van der Waals surface area contributed by atoms with Gasteiger partial charge in [-0.15, -0.1) is 0 Å². The Balaban J connectivity index is 3.06. The second-order valence-electron chi connectivity index (χ2n) is 6.15. The van der Waals surface area contributed by atoms with Gasteiger partial charge in [-0.05, 0) is 12.8 Å². The maximum absolute atomic E-state index is 11.1. The zero-order chi connectivity index (χ0) is 17.2. The highest BCUT2D eigenvalue weighted by Crippen LogP contribution is 2.13. The number of esters is 1. The van der Waals surface area contributed by atoms with E-state index in [4.69, 9.17) is 5.11 Å². The third-order valence-electron chi connectivity index (χ3n) is 3.99. The van der Waals surface area contributed by atoms with E-state index < -0.39 is 5.97 Å². The largest absolute Gasteiger partial charge is 0.481 e. The molecule has 4 nitrogen and oxygen atoms in total. The minimum Gasteiger partial charge on any atom is -0.481 e. The van der Waals surface area contributed by atoms with E-state index in [-0.39, 0.29) is 5.97 Å². The summed E-state index contributed by atoms with van der Waals surface area (Å²) in [4.78, 5) is 21.4. The minimum absolute atomic E-state index is 0.178. The Morgan fingerprint density at radius 2 is 1.04 bits per heavy atom. The third kappa shape index (κ3) is 18.6. The molecule has 0 fully saturated rings. The van der Waals surface area contributed by atoms with Crippen LogP contribution in [-0.2, 0) is 14.3 Å². The molecule has 0 spiro atoms. The lowest BCUT2D eigenvalue weighted by molar-refractivity contribution is -0.138. The van der Waals surface area contributed by atoms with Crippen LogP contribution in [0.15, 0.2) is 12.8 Å². The fourth-order valence-corrected chi connectivity index (χ4v) is 2.64. The first kappa shape index (κ1) is 21.7. The Hall–Kier alpha value is -1.32. The summed E-state index contributed by atoms with van der Waals surface area (Å²) in [6.07, 6.45) is 17.2. The van der Waals surface area contributed by atoms with Crippen LogP contribution in [0.5, 0.6) is 0 Å². The van der Waals surface area contributed by atoms with Crippen molar-refractivity contribution >= 4 is 11.9 Å². The first-order chi connectivity index (χ1) is 11.2. The summed E-state index contributed by atoms with van der Waals surface area (Å²) in [5.41, 5.74) is 0. The van der Waals surface area contributed by atoms with E-state index >= 15 is 0 Å². The monoisotopic (exact) mass is 326 g/mol. The molecule has 0 aliphatic heterocycles. The van der Waals surface area contributed by atoms with E-state index in [0.717, 1.165) is 25.7 Å². The number of rotatable bonds is 17. The van der Waals surface area contributed by atoms with Gasteiger partial charge < -0.3 is 9.84 Å². The summed E-state index contributed by atoms with van der Waals surface area (Å²) in [7, 11) is 0. The summed E-state index contributed by atoms with van der Waals surface area (Å²) in [6.45, 7) is 3.36. The molecule has 0 atom stereocenters. The topological polar surface area (TPSA) is 63.6 Å². The number of unbranched alkanes of at least 4 members (excludes halogenated alkanes) is 12. The molecule has 0 bridgehead atoms. The van der Waals surface area contributed by atoms with Gasteiger partial charge in [0.15, 0.2) is 0 Å². The van der Waals surface area contributed by atoms with Gasteiger partial charge in [0.2, 0.25) is 0 Å². The summed E-state index contributed by atoms with van der Waals surface area (Å²) in [5.74, 6) is -0.857. The van der Waals surface area contributed by atoms with E-state index in [9.17, 15) is 9.59 Å². The van der Waals surface area contributed by atoms with Crippen LogP contribution < -0.4 is 0 Å². The summed E-state index contributed by atoms with van der Waals surface area (Å²) < 4.78 is 4.66. The summed E-state index contributed by atoms with van der Waals surface area (Å²) >= 11 is 0. The van der Waals surface area contributed by atoms with E-state index in [1.165, 1.54) is 64.0 Å². The van der Waals surface area contributed by atoms with Gasteiger partial charge >= 0.3 is 11.9 Å². The fraction of sp³-hybridized carbons (Fsp3) is 0.789. The van der Waals surface area contributed by atoms with Crippen molar-refractivity contribution in [1.29, 1.82) is 0 Å². The van der Waals surface area contributed by atoms with Gasteiger partial charge in [0.25, 0.3) is 0 Å². The van der Waals surface area contributed by atoms with Crippen molar-refractivity contribution in [3.05, 3.63) is 12.8 Å². The molecular formula is C19H34O4. The molecular weight excluding hydrogens is 292 g/mol. The van der Waals surface area contributed by atoms with Crippen LogP contribution in [0.3, 0.4) is 0 Å². The number of ether oxygens (including phenoxy) is 1. The van der Waals surface area contributed by atoms with Gasteiger partial charge in [0.1, 0.15) is 0 Å². The van der Waals surface area contributed by atoms with Crippen molar-refractivity contribution in [2.45, 2.75) is 96.3 Å². The third-order valence-corrected chi connectivity index (χ3v) is 3.99. The molecule has 0 amide bonds. The average molecular weight is 326 g/mol. The lowest BCUT2D eigenvalue weighted by Gasteiger charge is -2.03. The molecule has 0 aromatic heterocycles. The van der Waals surface area contributed by atoms with Crippen LogP contribution in [0.1, 0.15) is 96.3 Å². The first-order valence-corrected chi connectivity index (χ1v) is 9.19. The Morgan fingerprint density at radius 1 is 0.696 bits per heavy atom. The fourth-order valence-electron chi connectivity index (χ4n) is 2.64. The molecule has 0 saturated heterocycles. The maximum Gasteiger partial charge on any atom is 0.310 e. The van der Waals surface area contributed by atoms with Gasteiger partial charge in [-0.2, -0.15) is 0 Å². The normalized spacial score (nSPS) is 10.4. The molecule has 0 radical (unpaired) electrons. The number of carboxylic acid groups (broad SMARTS) is 1. The molecule has 23 heavy (non-hydrogen) atoms. The molecule has 0 unspecified atom stereocenters. The molecule has 0 saturated carbocycles. The summed E-state index contributed by atoms with van der Waals surface area (Å²) in [6, 6.07) is 0. The molecule has 0 aromatic carbocycles. The van der Waals surface area contributed by atoms with Crippen molar-refractivity contribution < 1.29 is 19.4 Å². The number of carboxylic acids is 1. The van der Waals surface area contributed by atoms with Crippen molar-refractivity contribution in [2.75, 3.05) is 0 Å². The quantitative estimate of drug-likeness (QED) is 0.214. The molecule has 0 heterocycles. The number of carbonyl (C=O) groups excluding carboxylic acids is 1. The van der Waals surface area contributed by atoms with Gasteiger partial charge in [0, 0.05) is 12.8 Å². The van der Waals surface area contributed by atoms with E-state index in [1.807, 2.05) is 0 Å². The second-order valence-corrected chi connectivity index (χ2v) is 6.15. The highest BCUT2D eigenvalue weighted by molar-refractivity contribution is 5.69. The van der Waals surface area contributed by atoms with Gasteiger partial charge in [0.05, 0.1) is 6.26 Å². The highest BCUT2D eigenvalue weighted by atomic mass is 16.5. The minimum atomic E-state index is -0.679. The highest BCUT2D eigenvalue weighted by Gasteiger charge is 2.00. The molecule has 4 heteroatoms. The molecule has 134 valence electrons. The van der Waals surface area contributed by atoms with E-state index in [1.54, 1.807) is 0 Å². The molecule has 0 aliphatic carbocycles. The average Bonchev–Trinajstić information content (AvgIpc) is 2.51. The number of aliphatic carboxylic acids is 1. The lowest BCUT2D eigenvalue weighted by atomic mass is 10.0. The Labute approximate surface area is 141 Å². The van der Waals surface area contributed by atoms with Crippen LogP contribution >= 0.6 is 0 Å². The standard InChI is InChI=1S/C19H34O4/c1-2-23-19(22)17-15-13-11-9-7-5-3-4-6-8-10-12-14-16-18(20)21/h2H,1,3-17H2,(H,20,21). The number of carbonyl (C=O) groups is 2. The van der Waals surface area contributed by atoms with Crippen molar-refractivity contribution in [2.24, 2.45) is 0 Å². The predicted molar refractivity (Wildman–Crippen MR) is 93.2 cm³/mol. The Kier molecular flexibility index (Phi) is 16.1. The Morgan fingerprint density at radius 3 is 1.39 bits per heavy atom. The van der Waals surface area contributed by atoms with Crippen LogP contribution in [0.25, 0.3) is 0 Å². The van der Waals surface area contributed by atoms with Crippen molar-refractivity contribution in [3.8, 4) is 0 Å². The van der Waals surface area contributed by atoms with Gasteiger partial charge in [-0.3, -0.25) is 9.59 Å². The second kappa shape index (κ2) is 17.0. The summed E-state index contributed by atoms with van der Waals surface area (Å²) in [5, 5.41) is 8.53. The SMILES string of the molecule is C=COC(=O)CCCCCCCCCCCCCCCC(=O)O. The first-order valence-electron chi connectivity index (χ1n) is 9.19. The number of hydrogen-bond donors (Lipinski definition) is 1. The zero-order valence-electron chi connectivity index (χ0n) is 14.6. The maximum atomic E-state index is 11.1. The van der Waals surface area contributed by atoms with E-state index in [0.29, 0.717) is 12.8 Å². The van der Waals surface area contributed by atoms with Gasteiger partial charge in [-0.1, -0.05) is 77.2 Å². The number of hydrogen-bond acceptors (Lipinski definition) is 3. The van der Waals surface area contributed by atoms with Crippen molar-refractivity contribution in [3.63, 3.8) is 0 Å². The van der Waals surface area contributed by atoms with Crippen LogP contribution in [0, 0.1) is 0 Å². The van der Waals surface area contributed by atoms with Gasteiger partial charge in [-0.25, -0.2) is 0 Å². The van der Waals surface area contributed by atoms with Crippen LogP contribution in [0.2, 0.25) is 0 Å². The van der Waals surface area contributed by atoms with Crippen molar-refractivity contribution in [1.82, 2.24) is 0 Å². The molecule has 0 aliphatic rings. The zero-order valence-corrected chi connectivity index (χ0v) is 14.6. The molecule has 1 N–H and O–H groups in total. The van der Waals surface area contributed by atoms with Crippen LogP contribution in [0.4, 0.5) is 0 Å². The molecule has 0 rings (SSSR count). The molecule has 0 aromatic rings. The van der Waals surface area contributed by atoms with Crippen LogP contribution in [-0.4, -0.2) is 17.0 Å². The lowest BCUT2D eigenvalue weighted by Crippen LogP contribution is -1.98. The van der Waals surface area contributed by atoms with E-state index in [2.05, 4.69) is 11.3 Å². The predicted octanol–water partition coefficient (Wildman–Crippen LogP) is 5.61.